The van der Waals surface area contributed by atoms with Gasteiger partial charge in [0, 0.05) is 24.4 Å². The molecule has 1 heterocycles. The van der Waals surface area contributed by atoms with E-state index in [-0.39, 0.29) is 12.1 Å². The van der Waals surface area contributed by atoms with Crippen molar-refractivity contribution in [1.82, 2.24) is 10.3 Å². The van der Waals surface area contributed by atoms with Crippen molar-refractivity contribution in [3.05, 3.63) is 48.3 Å². The van der Waals surface area contributed by atoms with Gasteiger partial charge in [-0.15, -0.1) is 0 Å². The third-order valence-electron chi connectivity index (χ3n) is 4.12. The topological polar surface area (TPSA) is 91.3 Å². The predicted octanol–water partition coefficient (Wildman–Crippen LogP) is 4.39. The first-order valence-electron chi connectivity index (χ1n) is 8.50. The van der Waals surface area contributed by atoms with Crippen LogP contribution in [0.25, 0.3) is 11.1 Å². The molecule has 1 aromatic heterocycles. The number of benzene rings is 1. The number of carboxylic acid groups (broad SMARTS) is 1. The molecule has 1 aromatic carbocycles. The number of anilines is 1. The minimum absolute atomic E-state index is 0.147. The van der Waals surface area contributed by atoms with Gasteiger partial charge in [0.2, 0.25) is 5.91 Å². The second-order valence-corrected chi connectivity index (χ2v) is 6.47. The van der Waals surface area contributed by atoms with Crippen LogP contribution in [0.4, 0.5) is 23.7 Å². The maximum atomic E-state index is 13.5. The fourth-order valence-electron chi connectivity index (χ4n) is 2.77. The lowest BCUT2D eigenvalue weighted by Crippen LogP contribution is -2.35. The zero-order valence-corrected chi connectivity index (χ0v) is 15.2. The van der Waals surface area contributed by atoms with Gasteiger partial charge >= 0.3 is 12.3 Å². The molecule has 0 saturated heterocycles. The van der Waals surface area contributed by atoms with Crippen molar-refractivity contribution >= 4 is 17.7 Å². The number of carbonyl (C=O) groups excluding carboxylic acids is 1. The summed E-state index contributed by atoms with van der Waals surface area (Å²) in [5, 5.41) is 13.2. The van der Waals surface area contributed by atoms with E-state index in [1.54, 1.807) is 19.1 Å². The Bertz CT molecular complexity index is 841. The zero-order chi connectivity index (χ0) is 20.9. The molecule has 2 aromatic rings. The van der Waals surface area contributed by atoms with Crippen molar-refractivity contribution in [3.8, 4) is 11.1 Å². The Hall–Kier alpha value is -3.10. The van der Waals surface area contributed by atoms with Gasteiger partial charge in [-0.05, 0) is 48.7 Å². The van der Waals surface area contributed by atoms with Crippen LogP contribution in [0.1, 0.15) is 25.8 Å². The zero-order valence-electron chi connectivity index (χ0n) is 15.2. The molecule has 0 spiro atoms. The van der Waals surface area contributed by atoms with Crippen molar-refractivity contribution in [3.63, 3.8) is 0 Å². The Morgan fingerprint density at radius 1 is 1.11 bits per heavy atom. The highest BCUT2D eigenvalue weighted by molar-refractivity contribution is 5.93. The largest absolute Gasteiger partial charge is 0.465 e. The molecule has 6 nitrogen and oxygen atoms in total. The first kappa shape index (κ1) is 21.2. The summed E-state index contributed by atoms with van der Waals surface area (Å²) in [6.07, 6.45) is -2.79. The van der Waals surface area contributed by atoms with E-state index in [0.29, 0.717) is 11.1 Å². The van der Waals surface area contributed by atoms with Gasteiger partial charge in [0.05, 0.1) is 11.3 Å². The molecule has 2 unspecified atom stereocenters. The number of nitrogens with zero attached hydrogens (tertiary/aromatic N) is 1. The molecule has 0 radical (unpaired) electrons. The molecule has 0 aliphatic rings. The molecule has 2 atom stereocenters. The number of pyridine rings is 1. The van der Waals surface area contributed by atoms with E-state index in [1.807, 2.05) is 0 Å². The molecule has 150 valence electrons. The van der Waals surface area contributed by atoms with Gasteiger partial charge in [0.25, 0.3) is 0 Å². The Labute approximate surface area is 159 Å². The number of nitrogens with one attached hydrogen (secondary N) is 2. The van der Waals surface area contributed by atoms with Crippen molar-refractivity contribution in [2.24, 2.45) is 5.92 Å². The quantitative estimate of drug-likeness (QED) is 0.677. The second kappa shape index (κ2) is 8.73. The van der Waals surface area contributed by atoms with Gasteiger partial charge in [-0.1, -0.05) is 13.0 Å². The van der Waals surface area contributed by atoms with Crippen LogP contribution < -0.4 is 10.6 Å². The van der Waals surface area contributed by atoms with E-state index >= 15 is 0 Å². The van der Waals surface area contributed by atoms with Gasteiger partial charge in [-0.2, -0.15) is 13.2 Å². The number of rotatable bonds is 6. The summed E-state index contributed by atoms with van der Waals surface area (Å²) in [5.74, 6) is -1.32. The van der Waals surface area contributed by atoms with Crippen LogP contribution in [-0.2, 0) is 11.0 Å². The predicted molar refractivity (Wildman–Crippen MR) is 97.7 cm³/mol. The van der Waals surface area contributed by atoms with Crippen LogP contribution in [0.5, 0.6) is 0 Å². The van der Waals surface area contributed by atoms with Crippen LogP contribution in [0.15, 0.2) is 42.7 Å². The maximum absolute atomic E-state index is 13.5. The van der Waals surface area contributed by atoms with Crippen molar-refractivity contribution in [2.45, 2.75) is 32.5 Å². The molecule has 0 aliphatic carbocycles. The Morgan fingerprint density at radius 3 is 2.32 bits per heavy atom. The van der Waals surface area contributed by atoms with Crippen molar-refractivity contribution in [1.29, 1.82) is 0 Å². The first-order valence-corrected chi connectivity index (χ1v) is 8.50. The van der Waals surface area contributed by atoms with Crippen LogP contribution in [0.3, 0.4) is 0 Å². The molecule has 2 amide bonds. The summed E-state index contributed by atoms with van der Waals surface area (Å²) in [7, 11) is 0. The van der Waals surface area contributed by atoms with Crippen LogP contribution in [0.2, 0.25) is 0 Å². The monoisotopic (exact) mass is 395 g/mol. The molecule has 0 fully saturated rings. The third-order valence-corrected chi connectivity index (χ3v) is 4.12. The summed E-state index contributed by atoms with van der Waals surface area (Å²) >= 11 is 0. The summed E-state index contributed by atoms with van der Waals surface area (Å²) in [5.41, 5.74) is -0.388. The fourth-order valence-corrected chi connectivity index (χ4v) is 2.77. The molecule has 0 bridgehead atoms. The SMILES string of the molecule is CC(CC(C)C(=O)Nc1ccc(-c2ccncc2)cc1C(F)(F)F)NC(=O)O. The van der Waals surface area contributed by atoms with Gasteiger partial charge in [-0.3, -0.25) is 9.78 Å². The lowest BCUT2D eigenvalue weighted by molar-refractivity contribution is -0.137. The summed E-state index contributed by atoms with van der Waals surface area (Å²) < 4.78 is 40.5. The molecule has 28 heavy (non-hydrogen) atoms. The van der Waals surface area contributed by atoms with Crippen molar-refractivity contribution in [2.75, 3.05) is 5.32 Å². The Balaban J connectivity index is 2.22. The summed E-state index contributed by atoms with van der Waals surface area (Å²) in [6.45, 7) is 3.09. The highest BCUT2D eigenvalue weighted by Crippen LogP contribution is 2.37. The van der Waals surface area contributed by atoms with E-state index in [1.165, 1.54) is 31.5 Å². The van der Waals surface area contributed by atoms with Gasteiger partial charge in [-0.25, -0.2) is 4.79 Å². The minimum Gasteiger partial charge on any atom is -0.465 e. The molecule has 0 aliphatic heterocycles. The number of aromatic nitrogens is 1. The minimum atomic E-state index is -4.66. The second-order valence-electron chi connectivity index (χ2n) is 6.47. The normalized spacial score (nSPS) is 13.5. The van der Waals surface area contributed by atoms with Gasteiger partial charge in [0.15, 0.2) is 0 Å². The number of alkyl halides is 3. The number of amides is 2. The van der Waals surface area contributed by atoms with E-state index < -0.39 is 35.7 Å². The Kier molecular flexibility index (Phi) is 6.61. The highest BCUT2D eigenvalue weighted by atomic mass is 19.4. The van der Waals surface area contributed by atoms with Gasteiger partial charge < -0.3 is 15.7 Å². The molecule has 0 saturated carbocycles. The fraction of sp³-hybridized carbons (Fsp3) is 0.316. The lowest BCUT2D eigenvalue weighted by atomic mass is 10.00. The highest BCUT2D eigenvalue weighted by Gasteiger charge is 2.34. The molecular weight excluding hydrogens is 375 g/mol. The average Bonchev–Trinajstić information content (AvgIpc) is 2.61. The van der Waals surface area contributed by atoms with Crippen LogP contribution in [0, 0.1) is 5.92 Å². The molecule has 3 N–H and O–H groups in total. The lowest BCUT2D eigenvalue weighted by Gasteiger charge is -2.19. The Morgan fingerprint density at radius 2 is 1.75 bits per heavy atom. The number of halogens is 3. The number of hydrogen-bond acceptors (Lipinski definition) is 3. The third kappa shape index (κ3) is 5.70. The van der Waals surface area contributed by atoms with E-state index in [2.05, 4.69) is 15.6 Å². The average molecular weight is 395 g/mol. The number of carbonyl (C=O) groups is 2. The summed E-state index contributed by atoms with van der Waals surface area (Å²) in [4.78, 5) is 26.8. The van der Waals surface area contributed by atoms with Crippen LogP contribution in [-0.4, -0.2) is 28.1 Å². The van der Waals surface area contributed by atoms with E-state index in [0.717, 1.165) is 6.07 Å². The molecule has 2 rings (SSSR count). The molecule has 9 heteroatoms. The smallest absolute Gasteiger partial charge is 0.418 e. The standard InChI is InChI=1S/C19H20F3N3O3/c1-11(9-12(2)24-18(27)28)17(26)25-16-4-3-14(10-15(16)19(20,21)22)13-5-7-23-8-6-13/h3-8,10-12,24H,9H2,1-2H3,(H,25,26)(H,27,28). The first-order chi connectivity index (χ1) is 13.1. The van der Waals surface area contributed by atoms with E-state index in [9.17, 15) is 22.8 Å². The maximum Gasteiger partial charge on any atom is 0.418 e. The van der Waals surface area contributed by atoms with Crippen molar-refractivity contribution < 1.29 is 27.9 Å². The number of hydrogen-bond donors (Lipinski definition) is 3. The molecular formula is C19H20F3N3O3. The van der Waals surface area contributed by atoms with Crippen LogP contribution >= 0.6 is 0 Å². The van der Waals surface area contributed by atoms with Gasteiger partial charge in [0.1, 0.15) is 0 Å². The van der Waals surface area contributed by atoms with E-state index in [4.69, 9.17) is 5.11 Å². The summed E-state index contributed by atoms with van der Waals surface area (Å²) in [6, 6.07) is 6.33.